The van der Waals surface area contributed by atoms with Crippen molar-refractivity contribution >= 4 is 38.7 Å². The van der Waals surface area contributed by atoms with Gasteiger partial charge in [0.05, 0.1) is 24.0 Å². The fourth-order valence-corrected chi connectivity index (χ4v) is 4.56. The fraction of sp³-hybridized carbons (Fsp3) is 0.348. The van der Waals surface area contributed by atoms with Crippen LogP contribution in [-0.2, 0) is 4.79 Å². The van der Waals surface area contributed by atoms with Gasteiger partial charge in [-0.3, -0.25) is 4.79 Å². The molecule has 8 nitrogen and oxygen atoms in total. The van der Waals surface area contributed by atoms with Gasteiger partial charge < -0.3 is 25.4 Å². The summed E-state index contributed by atoms with van der Waals surface area (Å²) in [5.74, 6) is -0.0291. The number of amides is 2. The van der Waals surface area contributed by atoms with E-state index in [2.05, 4.69) is 43.3 Å². The van der Waals surface area contributed by atoms with Crippen molar-refractivity contribution in [1.29, 1.82) is 0 Å². The first-order valence-electron chi connectivity index (χ1n) is 10.5. The number of hydrogen-bond acceptors (Lipinski definition) is 4. The summed E-state index contributed by atoms with van der Waals surface area (Å²) in [4.78, 5) is 33.6. The van der Waals surface area contributed by atoms with Crippen LogP contribution in [0.3, 0.4) is 0 Å². The highest BCUT2D eigenvalue weighted by Crippen LogP contribution is 2.33. The second kappa shape index (κ2) is 8.91. The van der Waals surface area contributed by atoms with Gasteiger partial charge in [-0.1, -0.05) is 48.0 Å². The molecule has 2 amide bonds. The van der Waals surface area contributed by atoms with E-state index in [0.29, 0.717) is 12.2 Å². The standard InChI is InChI=1S/C23H25BrN4O4/c1-12(2)20(27-23(31)32)22(30)28-11-17(29)9-19(28)21-25-10-18(26-21)15-4-3-14-8-16(24)6-5-13(14)7-15/h3-8,10,12,17,19-20,27,29H,9,11H2,1-2H3,(H,25,26)(H,31,32)/t17-,19-,20-/m0/s1. The molecule has 1 fully saturated rings. The molecular weight excluding hydrogens is 476 g/mol. The molecule has 1 aliphatic rings. The molecule has 168 valence electrons. The summed E-state index contributed by atoms with van der Waals surface area (Å²) in [5, 5.41) is 23.9. The van der Waals surface area contributed by atoms with E-state index in [0.717, 1.165) is 26.5 Å². The zero-order valence-corrected chi connectivity index (χ0v) is 19.3. The number of fused-ring (bicyclic) bond motifs is 1. The van der Waals surface area contributed by atoms with Crippen LogP contribution in [0.5, 0.6) is 0 Å². The topological polar surface area (TPSA) is 119 Å². The quantitative estimate of drug-likeness (QED) is 0.423. The summed E-state index contributed by atoms with van der Waals surface area (Å²) in [7, 11) is 0. The maximum atomic E-state index is 13.1. The number of halogens is 1. The highest BCUT2D eigenvalue weighted by molar-refractivity contribution is 9.10. The van der Waals surface area contributed by atoms with Gasteiger partial charge in [0, 0.05) is 23.0 Å². The minimum absolute atomic E-state index is 0.134. The second-order valence-corrected chi connectivity index (χ2v) is 9.37. The van der Waals surface area contributed by atoms with Gasteiger partial charge in [-0.15, -0.1) is 0 Å². The number of benzene rings is 2. The van der Waals surface area contributed by atoms with Gasteiger partial charge in [-0.2, -0.15) is 0 Å². The van der Waals surface area contributed by atoms with Crippen LogP contribution in [0.25, 0.3) is 22.0 Å². The molecule has 0 bridgehead atoms. The number of aromatic amines is 1. The van der Waals surface area contributed by atoms with E-state index in [1.807, 2.05) is 24.3 Å². The molecular formula is C23H25BrN4O4. The van der Waals surface area contributed by atoms with Crippen LogP contribution in [0.15, 0.2) is 47.1 Å². The van der Waals surface area contributed by atoms with E-state index in [9.17, 15) is 14.7 Å². The van der Waals surface area contributed by atoms with Crippen LogP contribution in [0.4, 0.5) is 4.79 Å². The van der Waals surface area contributed by atoms with Gasteiger partial charge >= 0.3 is 6.09 Å². The Bertz CT molecular complexity index is 1160. The number of nitrogens with one attached hydrogen (secondary N) is 2. The number of rotatable bonds is 5. The monoisotopic (exact) mass is 500 g/mol. The van der Waals surface area contributed by atoms with E-state index in [-0.39, 0.29) is 18.4 Å². The third-order valence-corrected chi connectivity index (χ3v) is 6.29. The Kier molecular flexibility index (Phi) is 6.21. The minimum Gasteiger partial charge on any atom is -0.465 e. The lowest BCUT2D eigenvalue weighted by Crippen LogP contribution is -2.51. The number of aromatic nitrogens is 2. The lowest BCUT2D eigenvalue weighted by atomic mass is 10.0. The normalized spacial score (nSPS) is 19.5. The summed E-state index contributed by atoms with van der Waals surface area (Å²) >= 11 is 3.49. The van der Waals surface area contributed by atoms with Crippen molar-refractivity contribution in [3.05, 3.63) is 52.9 Å². The summed E-state index contributed by atoms with van der Waals surface area (Å²) in [5.41, 5.74) is 1.77. The molecule has 2 heterocycles. The number of aliphatic hydroxyl groups excluding tert-OH is 1. The van der Waals surface area contributed by atoms with Gasteiger partial charge in [-0.25, -0.2) is 9.78 Å². The lowest BCUT2D eigenvalue weighted by Gasteiger charge is -2.29. The molecule has 4 N–H and O–H groups in total. The van der Waals surface area contributed by atoms with E-state index in [1.54, 1.807) is 20.0 Å². The molecule has 4 rings (SSSR count). The predicted molar refractivity (Wildman–Crippen MR) is 124 cm³/mol. The van der Waals surface area contributed by atoms with Gasteiger partial charge in [0.15, 0.2) is 0 Å². The van der Waals surface area contributed by atoms with Crippen LogP contribution in [0, 0.1) is 5.92 Å². The van der Waals surface area contributed by atoms with Crippen LogP contribution >= 0.6 is 15.9 Å². The Balaban J connectivity index is 1.61. The van der Waals surface area contributed by atoms with Crippen molar-refractivity contribution in [2.75, 3.05) is 6.54 Å². The van der Waals surface area contributed by atoms with Gasteiger partial charge in [0.1, 0.15) is 11.9 Å². The Morgan fingerprint density at radius 2 is 1.94 bits per heavy atom. The molecule has 0 aliphatic carbocycles. The third-order valence-electron chi connectivity index (χ3n) is 5.80. The zero-order valence-electron chi connectivity index (χ0n) is 17.7. The fourth-order valence-electron chi connectivity index (χ4n) is 4.18. The molecule has 32 heavy (non-hydrogen) atoms. The summed E-state index contributed by atoms with van der Waals surface area (Å²) < 4.78 is 1.02. The molecule has 0 saturated carbocycles. The highest BCUT2D eigenvalue weighted by Gasteiger charge is 2.40. The number of likely N-dealkylation sites (tertiary alicyclic amines) is 1. The number of aliphatic hydroxyl groups is 1. The minimum atomic E-state index is -1.25. The molecule has 0 unspecified atom stereocenters. The van der Waals surface area contributed by atoms with E-state index in [4.69, 9.17) is 5.11 Å². The second-order valence-electron chi connectivity index (χ2n) is 8.46. The van der Waals surface area contributed by atoms with Gasteiger partial charge in [0.2, 0.25) is 5.91 Å². The maximum Gasteiger partial charge on any atom is 0.405 e. The van der Waals surface area contributed by atoms with Crippen LogP contribution < -0.4 is 5.32 Å². The van der Waals surface area contributed by atoms with Crippen LogP contribution in [-0.4, -0.2) is 55.8 Å². The van der Waals surface area contributed by atoms with E-state index < -0.39 is 24.3 Å². The zero-order chi connectivity index (χ0) is 23.0. The molecule has 2 aromatic carbocycles. The number of hydrogen-bond donors (Lipinski definition) is 4. The first-order chi connectivity index (χ1) is 15.2. The van der Waals surface area contributed by atoms with E-state index in [1.165, 1.54) is 4.90 Å². The first kappa shape index (κ1) is 22.3. The number of carboxylic acid groups (broad SMARTS) is 1. The Morgan fingerprint density at radius 1 is 1.22 bits per heavy atom. The van der Waals surface area contributed by atoms with Crippen LogP contribution in [0.1, 0.15) is 32.1 Å². The number of imidazole rings is 1. The first-order valence-corrected chi connectivity index (χ1v) is 11.2. The van der Waals surface area contributed by atoms with Crippen molar-refractivity contribution in [2.24, 2.45) is 5.92 Å². The lowest BCUT2D eigenvalue weighted by molar-refractivity contribution is -0.135. The van der Waals surface area contributed by atoms with Gasteiger partial charge in [0.25, 0.3) is 0 Å². The van der Waals surface area contributed by atoms with Gasteiger partial charge in [-0.05, 0) is 34.9 Å². The molecule has 1 aliphatic heterocycles. The maximum absolute atomic E-state index is 13.1. The summed E-state index contributed by atoms with van der Waals surface area (Å²) in [6.07, 6.45) is 0.103. The molecule has 3 atom stereocenters. The van der Waals surface area contributed by atoms with Crippen molar-refractivity contribution in [3.8, 4) is 11.3 Å². The Hall–Kier alpha value is -2.91. The SMILES string of the molecule is CC(C)[C@H](NC(=O)O)C(=O)N1C[C@@H](O)C[C@H]1c1ncc(-c2ccc3cc(Br)ccc3c2)[nH]1. The number of carbonyl (C=O) groups excluding carboxylic acids is 1. The molecule has 0 spiro atoms. The summed E-state index contributed by atoms with van der Waals surface area (Å²) in [6.45, 7) is 3.70. The average molecular weight is 501 g/mol. The number of H-pyrrole nitrogens is 1. The molecule has 0 radical (unpaired) electrons. The number of nitrogens with zero attached hydrogens (tertiary/aromatic N) is 2. The molecule has 9 heteroatoms. The summed E-state index contributed by atoms with van der Waals surface area (Å²) in [6, 6.07) is 10.8. The van der Waals surface area contributed by atoms with E-state index >= 15 is 0 Å². The van der Waals surface area contributed by atoms with Crippen molar-refractivity contribution in [2.45, 2.75) is 38.5 Å². The largest absolute Gasteiger partial charge is 0.465 e. The molecule has 3 aromatic rings. The van der Waals surface area contributed by atoms with Crippen molar-refractivity contribution in [3.63, 3.8) is 0 Å². The smallest absolute Gasteiger partial charge is 0.405 e. The predicted octanol–water partition coefficient (Wildman–Crippen LogP) is 3.92. The average Bonchev–Trinajstić information content (AvgIpc) is 3.37. The Morgan fingerprint density at radius 3 is 2.66 bits per heavy atom. The number of carbonyl (C=O) groups is 2. The highest BCUT2D eigenvalue weighted by atomic mass is 79.9. The molecule has 1 aromatic heterocycles. The van der Waals surface area contributed by atoms with Crippen LogP contribution in [0.2, 0.25) is 0 Å². The molecule has 1 saturated heterocycles. The van der Waals surface area contributed by atoms with Crippen molar-refractivity contribution < 1.29 is 19.8 Å². The Labute approximate surface area is 193 Å². The number of β-amino-alcohol motifs (C(OH)–C–C–N with tert-alkyl or cyclic N) is 1. The van der Waals surface area contributed by atoms with Crippen molar-refractivity contribution in [1.82, 2.24) is 20.2 Å². The third kappa shape index (κ3) is 4.49.